The number of benzene rings is 2. The van der Waals surface area contributed by atoms with Crippen molar-refractivity contribution in [3.05, 3.63) is 70.5 Å². The monoisotopic (exact) mass is 409 g/mol. The molecule has 0 fully saturated rings. The van der Waals surface area contributed by atoms with Crippen LogP contribution in [0.5, 0.6) is 5.75 Å². The van der Waals surface area contributed by atoms with Crippen molar-refractivity contribution < 1.29 is 22.7 Å². The Morgan fingerprint density at radius 1 is 1.18 bits per heavy atom. The molecule has 0 bridgehead atoms. The minimum atomic E-state index is -4.80. The lowest BCUT2D eigenvalue weighted by atomic mass is 10.1. The van der Waals surface area contributed by atoms with Gasteiger partial charge in [0.15, 0.2) is 5.69 Å². The molecular formula is C19H15ClF3N3O2. The highest BCUT2D eigenvalue weighted by molar-refractivity contribution is 6.30. The molecule has 2 aromatic carbocycles. The molecule has 0 saturated carbocycles. The summed E-state index contributed by atoms with van der Waals surface area (Å²) in [6.45, 7) is 1.72. The number of anilines is 1. The molecule has 3 aromatic rings. The van der Waals surface area contributed by atoms with Gasteiger partial charge in [0.1, 0.15) is 5.75 Å². The lowest BCUT2D eigenvalue weighted by Crippen LogP contribution is -2.21. The number of nitrogens with zero attached hydrogens (tertiary/aromatic N) is 2. The van der Waals surface area contributed by atoms with E-state index in [-0.39, 0.29) is 5.69 Å². The molecule has 0 spiro atoms. The maximum absolute atomic E-state index is 13.7. The number of amides is 1. The van der Waals surface area contributed by atoms with E-state index in [4.69, 9.17) is 16.3 Å². The average molecular weight is 410 g/mol. The van der Waals surface area contributed by atoms with Crippen LogP contribution in [0.25, 0.3) is 5.69 Å². The zero-order chi connectivity index (χ0) is 20.5. The van der Waals surface area contributed by atoms with Gasteiger partial charge in [0.2, 0.25) is 0 Å². The van der Waals surface area contributed by atoms with Gasteiger partial charge in [-0.15, -0.1) is 0 Å². The number of nitrogens with one attached hydrogen (secondary N) is 1. The SMILES string of the molecule is COc1ccc(C)c(NC(=O)c2cnn(-c3ccc(Cl)cc3)c2C(F)(F)F)c1. The van der Waals surface area contributed by atoms with E-state index in [0.29, 0.717) is 26.7 Å². The third-order valence-electron chi connectivity index (χ3n) is 4.05. The normalized spacial score (nSPS) is 11.4. The fourth-order valence-corrected chi connectivity index (χ4v) is 2.74. The number of aryl methyl sites for hydroxylation is 1. The first-order chi connectivity index (χ1) is 13.2. The Bertz CT molecular complexity index is 1010. The zero-order valence-electron chi connectivity index (χ0n) is 14.8. The molecule has 0 saturated heterocycles. The van der Waals surface area contributed by atoms with Crippen LogP contribution in [-0.4, -0.2) is 22.8 Å². The molecule has 1 heterocycles. The van der Waals surface area contributed by atoms with Crippen molar-refractivity contribution in [3.8, 4) is 11.4 Å². The van der Waals surface area contributed by atoms with Gasteiger partial charge in [-0.3, -0.25) is 4.79 Å². The molecular weight excluding hydrogens is 395 g/mol. The van der Waals surface area contributed by atoms with E-state index in [1.165, 1.54) is 37.4 Å². The standard InChI is InChI=1S/C19H15ClF3N3O2/c1-11-3-8-14(28-2)9-16(11)25-18(27)15-10-24-26(17(15)19(21,22)23)13-6-4-12(20)5-7-13/h3-10H,1-2H3,(H,25,27). The third kappa shape index (κ3) is 3.96. The van der Waals surface area contributed by atoms with Crippen molar-refractivity contribution in [2.24, 2.45) is 0 Å². The van der Waals surface area contributed by atoms with Crippen LogP contribution in [0.3, 0.4) is 0 Å². The Kier molecular flexibility index (Phi) is 5.33. The summed E-state index contributed by atoms with van der Waals surface area (Å²) >= 11 is 5.79. The van der Waals surface area contributed by atoms with Crippen LogP contribution >= 0.6 is 11.6 Å². The molecule has 0 aliphatic rings. The van der Waals surface area contributed by atoms with Crippen LogP contribution in [0, 0.1) is 6.92 Å². The molecule has 1 amide bonds. The highest BCUT2D eigenvalue weighted by Crippen LogP contribution is 2.34. The van der Waals surface area contributed by atoms with Gasteiger partial charge in [0.05, 0.1) is 24.6 Å². The second-order valence-electron chi connectivity index (χ2n) is 5.93. The number of carbonyl (C=O) groups excluding carboxylic acids is 1. The van der Waals surface area contributed by atoms with E-state index < -0.39 is 23.3 Å². The predicted molar refractivity (Wildman–Crippen MR) is 99.3 cm³/mol. The van der Waals surface area contributed by atoms with Gasteiger partial charge in [0.25, 0.3) is 5.91 Å². The molecule has 0 aliphatic carbocycles. The summed E-state index contributed by atoms with van der Waals surface area (Å²) in [4.78, 5) is 12.6. The van der Waals surface area contributed by atoms with Crippen molar-refractivity contribution >= 4 is 23.2 Å². The van der Waals surface area contributed by atoms with Crippen molar-refractivity contribution in [2.45, 2.75) is 13.1 Å². The average Bonchev–Trinajstić information content (AvgIpc) is 3.10. The van der Waals surface area contributed by atoms with Crippen molar-refractivity contribution in [3.63, 3.8) is 0 Å². The molecule has 1 aromatic heterocycles. The van der Waals surface area contributed by atoms with Crippen molar-refractivity contribution in [2.75, 3.05) is 12.4 Å². The Morgan fingerprint density at radius 3 is 2.46 bits per heavy atom. The van der Waals surface area contributed by atoms with Gasteiger partial charge in [-0.25, -0.2) is 4.68 Å². The third-order valence-corrected chi connectivity index (χ3v) is 4.30. The van der Waals surface area contributed by atoms with Crippen molar-refractivity contribution in [1.82, 2.24) is 9.78 Å². The number of methoxy groups -OCH3 is 1. The predicted octanol–water partition coefficient (Wildman–Crippen LogP) is 5.11. The summed E-state index contributed by atoms with van der Waals surface area (Å²) in [5, 5.41) is 6.63. The number of hydrogen-bond acceptors (Lipinski definition) is 3. The number of halogens is 4. The molecule has 1 N–H and O–H groups in total. The zero-order valence-corrected chi connectivity index (χ0v) is 15.6. The largest absolute Gasteiger partial charge is 0.497 e. The number of hydrogen-bond donors (Lipinski definition) is 1. The van der Waals surface area contributed by atoms with Crippen LogP contribution in [0.2, 0.25) is 5.02 Å². The Morgan fingerprint density at radius 2 is 1.86 bits per heavy atom. The summed E-state index contributed by atoms with van der Waals surface area (Å²) in [6.07, 6.45) is -3.91. The number of ether oxygens (including phenoxy) is 1. The van der Waals surface area contributed by atoms with E-state index in [0.717, 1.165) is 6.20 Å². The highest BCUT2D eigenvalue weighted by atomic mass is 35.5. The van der Waals surface area contributed by atoms with Crippen LogP contribution in [0.15, 0.2) is 48.7 Å². The minimum Gasteiger partial charge on any atom is -0.497 e. The first-order valence-electron chi connectivity index (χ1n) is 8.08. The summed E-state index contributed by atoms with van der Waals surface area (Å²) < 4.78 is 46.9. The van der Waals surface area contributed by atoms with Gasteiger partial charge in [0, 0.05) is 16.8 Å². The highest BCUT2D eigenvalue weighted by Gasteiger charge is 2.40. The van der Waals surface area contributed by atoms with Crippen LogP contribution in [0.4, 0.5) is 18.9 Å². The van der Waals surface area contributed by atoms with E-state index in [2.05, 4.69) is 10.4 Å². The molecule has 0 radical (unpaired) electrons. The van der Waals surface area contributed by atoms with Crippen LogP contribution in [0.1, 0.15) is 21.6 Å². The summed E-state index contributed by atoms with van der Waals surface area (Å²) in [5.74, 6) is -0.460. The van der Waals surface area contributed by atoms with Gasteiger partial charge in [-0.2, -0.15) is 18.3 Å². The van der Waals surface area contributed by atoms with Gasteiger partial charge in [-0.05, 0) is 42.8 Å². The van der Waals surface area contributed by atoms with E-state index >= 15 is 0 Å². The number of rotatable bonds is 4. The Labute approximate surface area is 163 Å². The molecule has 5 nitrogen and oxygen atoms in total. The summed E-state index contributed by atoms with van der Waals surface area (Å²) in [7, 11) is 1.45. The summed E-state index contributed by atoms with van der Waals surface area (Å²) in [5.41, 5.74) is -0.615. The van der Waals surface area contributed by atoms with Gasteiger partial charge >= 0.3 is 6.18 Å². The molecule has 3 rings (SSSR count). The fraction of sp³-hybridized carbons (Fsp3) is 0.158. The van der Waals surface area contributed by atoms with Gasteiger partial charge in [-0.1, -0.05) is 17.7 Å². The lowest BCUT2D eigenvalue weighted by Gasteiger charge is -2.14. The fourth-order valence-electron chi connectivity index (χ4n) is 2.62. The van der Waals surface area contributed by atoms with E-state index in [1.807, 2.05) is 0 Å². The Hall–Kier alpha value is -3.00. The van der Waals surface area contributed by atoms with Crippen LogP contribution in [-0.2, 0) is 6.18 Å². The Balaban J connectivity index is 2.02. The second kappa shape index (κ2) is 7.55. The van der Waals surface area contributed by atoms with E-state index in [1.54, 1.807) is 19.1 Å². The quantitative estimate of drug-likeness (QED) is 0.651. The van der Waals surface area contributed by atoms with E-state index in [9.17, 15) is 18.0 Å². The molecule has 0 atom stereocenters. The molecule has 9 heteroatoms. The lowest BCUT2D eigenvalue weighted by molar-refractivity contribution is -0.143. The maximum atomic E-state index is 13.7. The minimum absolute atomic E-state index is 0.133. The molecule has 0 aliphatic heterocycles. The molecule has 146 valence electrons. The number of alkyl halides is 3. The first-order valence-corrected chi connectivity index (χ1v) is 8.45. The first kappa shape index (κ1) is 19.8. The number of aromatic nitrogens is 2. The number of carbonyl (C=O) groups is 1. The smallest absolute Gasteiger partial charge is 0.434 e. The van der Waals surface area contributed by atoms with Crippen LogP contribution < -0.4 is 10.1 Å². The van der Waals surface area contributed by atoms with Crippen molar-refractivity contribution in [1.29, 1.82) is 0 Å². The van der Waals surface area contributed by atoms with Gasteiger partial charge < -0.3 is 10.1 Å². The maximum Gasteiger partial charge on any atom is 0.434 e. The second-order valence-corrected chi connectivity index (χ2v) is 6.36. The molecule has 28 heavy (non-hydrogen) atoms. The molecule has 0 unspecified atom stereocenters. The topological polar surface area (TPSA) is 56.1 Å². The summed E-state index contributed by atoms with van der Waals surface area (Å²) in [6, 6.07) is 10.6.